The first-order valence-corrected chi connectivity index (χ1v) is 10.1. The van der Waals surface area contributed by atoms with Crippen LogP contribution in [0, 0.1) is 6.92 Å². The van der Waals surface area contributed by atoms with Gasteiger partial charge in [-0.25, -0.2) is 4.98 Å². The highest BCUT2D eigenvalue weighted by Gasteiger charge is 2.33. The van der Waals surface area contributed by atoms with Crippen LogP contribution in [0.5, 0.6) is 11.6 Å². The zero-order valence-electron chi connectivity index (χ0n) is 17.7. The number of pyridine rings is 2. The van der Waals surface area contributed by atoms with Crippen molar-refractivity contribution in [1.29, 1.82) is 0 Å². The molecule has 3 aromatic heterocycles. The quantitative estimate of drug-likeness (QED) is 0.595. The lowest BCUT2D eigenvalue weighted by Crippen LogP contribution is -2.24. The Labute approximate surface area is 175 Å². The molecule has 4 rings (SSSR count). The summed E-state index contributed by atoms with van der Waals surface area (Å²) in [5.41, 5.74) is 3.83. The van der Waals surface area contributed by atoms with Crippen molar-refractivity contribution in [2.75, 3.05) is 18.6 Å². The van der Waals surface area contributed by atoms with Gasteiger partial charge in [-0.05, 0) is 38.0 Å². The first-order chi connectivity index (χ1) is 14.5. The van der Waals surface area contributed by atoms with Gasteiger partial charge in [0.15, 0.2) is 11.6 Å². The van der Waals surface area contributed by atoms with Crippen molar-refractivity contribution >= 4 is 11.7 Å². The molecule has 8 nitrogen and oxygen atoms in total. The zero-order chi connectivity index (χ0) is 21.3. The van der Waals surface area contributed by atoms with Crippen molar-refractivity contribution in [3.05, 3.63) is 47.4 Å². The van der Waals surface area contributed by atoms with Gasteiger partial charge in [-0.2, -0.15) is 5.10 Å². The van der Waals surface area contributed by atoms with Gasteiger partial charge in [0.2, 0.25) is 0 Å². The molecular weight excluding hydrogens is 382 g/mol. The van der Waals surface area contributed by atoms with Gasteiger partial charge in [-0.3, -0.25) is 19.4 Å². The van der Waals surface area contributed by atoms with Gasteiger partial charge < -0.3 is 9.47 Å². The first-order valence-electron chi connectivity index (χ1n) is 10.1. The van der Waals surface area contributed by atoms with E-state index < -0.39 is 0 Å². The van der Waals surface area contributed by atoms with E-state index in [1.807, 2.05) is 45.2 Å². The Morgan fingerprint density at radius 3 is 2.77 bits per heavy atom. The standard InChI is InChI=1S/C22H25N5O3/c1-5-9-30-18-11-15(12-23-21(18)29-4)16-10-14(3)20-17(24-16)13-27(22(20)28)19-7-8-26(6-2)25-19/h7-8,10-12H,5-6,9,13H2,1-4H3. The second kappa shape index (κ2) is 8.14. The molecule has 0 bridgehead atoms. The van der Waals surface area contributed by atoms with Gasteiger partial charge in [0.05, 0.1) is 37.2 Å². The highest BCUT2D eigenvalue weighted by molar-refractivity contribution is 6.10. The number of anilines is 1. The highest BCUT2D eigenvalue weighted by Crippen LogP contribution is 2.34. The molecule has 0 unspecified atom stereocenters. The van der Waals surface area contributed by atoms with E-state index in [4.69, 9.17) is 14.5 Å². The van der Waals surface area contributed by atoms with Crippen molar-refractivity contribution < 1.29 is 14.3 Å². The Hall–Kier alpha value is -3.42. The third-order valence-electron chi connectivity index (χ3n) is 5.05. The van der Waals surface area contributed by atoms with E-state index in [2.05, 4.69) is 10.1 Å². The lowest BCUT2D eigenvalue weighted by atomic mass is 10.1. The van der Waals surface area contributed by atoms with E-state index in [0.29, 0.717) is 36.2 Å². The van der Waals surface area contributed by atoms with Crippen LogP contribution in [0.15, 0.2) is 30.6 Å². The molecule has 0 atom stereocenters. The SMILES string of the molecule is CCCOc1cc(-c2cc(C)c3c(n2)CN(c2ccn(CC)n2)C3=O)cnc1OC. The molecule has 0 spiro atoms. The molecule has 30 heavy (non-hydrogen) atoms. The van der Waals surface area contributed by atoms with Gasteiger partial charge in [-0.1, -0.05) is 6.92 Å². The average Bonchev–Trinajstić information content (AvgIpc) is 3.36. The van der Waals surface area contributed by atoms with Crippen molar-refractivity contribution in [2.45, 2.75) is 40.3 Å². The second-order valence-electron chi connectivity index (χ2n) is 7.15. The monoisotopic (exact) mass is 407 g/mol. The third-order valence-corrected chi connectivity index (χ3v) is 5.05. The minimum atomic E-state index is -0.0669. The van der Waals surface area contributed by atoms with Crippen LogP contribution in [0.2, 0.25) is 0 Å². The van der Waals surface area contributed by atoms with E-state index in [0.717, 1.165) is 35.5 Å². The van der Waals surface area contributed by atoms with Crippen LogP contribution < -0.4 is 14.4 Å². The molecule has 0 aromatic carbocycles. The van der Waals surface area contributed by atoms with E-state index in [9.17, 15) is 4.79 Å². The smallest absolute Gasteiger partial charge is 0.262 e. The summed E-state index contributed by atoms with van der Waals surface area (Å²) >= 11 is 0. The Balaban J connectivity index is 1.69. The summed E-state index contributed by atoms with van der Waals surface area (Å²) in [5, 5.41) is 4.47. The summed E-state index contributed by atoms with van der Waals surface area (Å²) in [7, 11) is 1.57. The largest absolute Gasteiger partial charge is 0.488 e. The molecule has 0 radical (unpaired) electrons. The summed E-state index contributed by atoms with van der Waals surface area (Å²) in [6.45, 7) is 7.71. The number of aryl methyl sites for hydroxylation is 2. The number of carbonyl (C=O) groups excluding carboxylic acids is 1. The highest BCUT2D eigenvalue weighted by atomic mass is 16.5. The van der Waals surface area contributed by atoms with Crippen molar-refractivity contribution in [3.63, 3.8) is 0 Å². The summed E-state index contributed by atoms with van der Waals surface area (Å²) in [6.07, 6.45) is 4.47. The number of hydrogen-bond acceptors (Lipinski definition) is 6. The minimum absolute atomic E-state index is 0.0669. The van der Waals surface area contributed by atoms with Gasteiger partial charge in [0.25, 0.3) is 11.8 Å². The Bertz CT molecular complexity index is 1090. The Kier molecular flexibility index (Phi) is 5.39. The molecule has 1 aliphatic heterocycles. The summed E-state index contributed by atoms with van der Waals surface area (Å²) in [5.74, 6) is 1.60. The number of hydrogen-bond donors (Lipinski definition) is 0. The molecule has 156 valence electrons. The molecule has 1 amide bonds. The van der Waals surface area contributed by atoms with Crippen molar-refractivity contribution in [1.82, 2.24) is 19.7 Å². The van der Waals surface area contributed by atoms with Crippen LogP contribution in [0.25, 0.3) is 11.3 Å². The van der Waals surface area contributed by atoms with Gasteiger partial charge in [-0.15, -0.1) is 0 Å². The predicted octanol–water partition coefficient (Wildman–Crippen LogP) is 3.63. The molecule has 0 N–H and O–H groups in total. The maximum Gasteiger partial charge on any atom is 0.262 e. The van der Waals surface area contributed by atoms with Crippen molar-refractivity contribution in [3.8, 4) is 22.9 Å². The second-order valence-corrected chi connectivity index (χ2v) is 7.15. The number of carbonyl (C=O) groups is 1. The third kappa shape index (κ3) is 3.49. The fourth-order valence-electron chi connectivity index (χ4n) is 3.55. The van der Waals surface area contributed by atoms with E-state index in [1.54, 1.807) is 22.9 Å². The molecule has 0 fully saturated rings. The van der Waals surface area contributed by atoms with Crippen LogP contribution in [0.4, 0.5) is 5.82 Å². The van der Waals surface area contributed by atoms with Crippen LogP contribution >= 0.6 is 0 Å². The fourth-order valence-corrected chi connectivity index (χ4v) is 3.55. The van der Waals surface area contributed by atoms with E-state index in [-0.39, 0.29) is 5.91 Å². The maximum absolute atomic E-state index is 13.0. The average molecular weight is 407 g/mol. The minimum Gasteiger partial charge on any atom is -0.488 e. The molecule has 0 saturated carbocycles. The van der Waals surface area contributed by atoms with Gasteiger partial charge in [0.1, 0.15) is 0 Å². The molecule has 8 heteroatoms. The van der Waals surface area contributed by atoms with Crippen LogP contribution in [-0.4, -0.2) is 39.4 Å². The number of nitrogens with zero attached hydrogens (tertiary/aromatic N) is 5. The van der Waals surface area contributed by atoms with Gasteiger partial charge in [0, 0.05) is 30.6 Å². The lowest BCUT2D eigenvalue weighted by molar-refractivity contribution is 0.0995. The number of fused-ring (bicyclic) bond motifs is 1. The van der Waals surface area contributed by atoms with Gasteiger partial charge >= 0.3 is 0 Å². The fraction of sp³-hybridized carbons (Fsp3) is 0.364. The summed E-state index contributed by atoms with van der Waals surface area (Å²) < 4.78 is 12.9. The lowest BCUT2D eigenvalue weighted by Gasteiger charge is -2.11. The summed E-state index contributed by atoms with van der Waals surface area (Å²) in [4.78, 5) is 23.8. The number of amides is 1. The maximum atomic E-state index is 13.0. The molecule has 3 aromatic rings. The molecule has 0 aliphatic carbocycles. The predicted molar refractivity (Wildman–Crippen MR) is 113 cm³/mol. The Morgan fingerprint density at radius 1 is 1.23 bits per heavy atom. The molecule has 1 aliphatic rings. The number of aromatic nitrogens is 4. The Morgan fingerprint density at radius 2 is 2.07 bits per heavy atom. The number of methoxy groups -OCH3 is 1. The molecule has 4 heterocycles. The van der Waals surface area contributed by atoms with Crippen LogP contribution in [-0.2, 0) is 13.1 Å². The van der Waals surface area contributed by atoms with Crippen LogP contribution in [0.1, 0.15) is 41.9 Å². The van der Waals surface area contributed by atoms with Crippen molar-refractivity contribution in [2.24, 2.45) is 0 Å². The molecule has 0 saturated heterocycles. The first kappa shape index (κ1) is 19.9. The number of ether oxygens (including phenoxy) is 2. The topological polar surface area (TPSA) is 82.4 Å². The normalized spacial score (nSPS) is 12.9. The van der Waals surface area contributed by atoms with Crippen LogP contribution in [0.3, 0.4) is 0 Å². The van der Waals surface area contributed by atoms with E-state index >= 15 is 0 Å². The number of rotatable bonds is 7. The zero-order valence-corrected chi connectivity index (χ0v) is 17.7. The molecular formula is C22H25N5O3. The summed E-state index contributed by atoms with van der Waals surface area (Å²) in [6, 6.07) is 5.65. The van der Waals surface area contributed by atoms with E-state index in [1.165, 1.54) is 0 Å².